The van der Waals surface area contributed by atoms with E-state index in [1.165, 1.54) is 0 Å². The molecule has 0 aromatic carbocycles. The molecule has 2 rings (SSSR count). The lowest BCUT2D eigenvalue weighted by atomic mass is 9.96. The Kier molecular flexibility index (Phi) is 7.99. The average molecular weight is 450 g/mol. The number of alkyl halides is 7. The lowest BCUT2D eigenvalue weighted by Gasteiger charge is -2.20. The topological polar surface area (TPSA) is 79.8 Å². The fourth-order valence-electron chi connectivity index (χ4n) is 2.32. The lowest BCUT2D eigenvalue weighted by Crippen LogP contribution is -2.33. The molecule has 29 heavy (non-hydrogen) atoms. The van der Waals surface area contributed by atoms with Gasteiger partial charge in [0.2, 0.25) is 17.7 Å². The van der Waals surface area contributed by atoms with Crippen molar-refractivity contribution >= 4 is 34.9 Å². The van der Waals surface area contributed by atoms with E-state index in [-0.39, 0.29) is 18.4 Å². The van der Waals surface area contributed by atoms with Gasteiger partial charge in [0, 0.05) is 5.57 Å². The highest BCUT2D eigenvalue weighted by molar-refractivity contribution is 6.34. The quantitative estimate of drug-likeness (QED) is 0.443. The zero-order valence-electron chi connectivity index (χ0n) is 14.5. The Morgan fingerprint density at radius 1 is 0.966 bits per heavy atom. The van der Waals surface area contributed by atoms with E-state index in [1.807, 2.05) is 10.6 Å². The van der Waals surface area contributed by atoms with Crippen LogP contribution < -0.4 is 10.6 Å². The second-order valence-corrected chi connectivity index (χ2v) is 6.48. The number of anilines is 2. The molecule has 0 amide bonds. The van der Waals surface area contributed by atoms with Crippen molar-refractivity contribution in [2.75, 3.05) is 24.0 Å². The summed E-state index contributed by atoms with van der Waals surface area (Å²) in [6.45, 7) is -3.07. The normalized spacial score (nSPS) is 19.7. The maximum atomic E-state index is 14.3. The van der Waals surface area contributed by atoms with Crippen LogP contribution in [0, 0.1) is 0 Å². The lowest BCUT2D eigenvalue weighted by molar-refractivity contribution is -0.116. The van der Waals surface area contributed by atoms with Crippen LogP contribution >= 0.6 is 11.6 Å². The summed E-state index contributed by atoms with van der Waals surface area (Å²) in [4.78, 5) is 22.6. The molecule has 162 valence electrons. The highest BCUT2D eigenvalue weighted by Crippen LogP contribution is 2.32. The third-order valence-corrected chi connectivity index (χ3v) is 4.31. The molecule has 1 aromatic heterocycles. The number of hydrogen-bond acceptors (Lipinski definition) is 6. The summed E-state index contributed by atoms with van der Waals surface area (Å²) in [6.07, 6.45) is -6.48. The smallest absolute Gasteiger partial charge is 0.261 e. The monoisotopic (exact) mass is 449 g/mol. The third kappa shape index (κ3) is 5.67. The summed E-state index contributed by atoms with van der Waals surface area (Å²) in [6, 6.07) is -4.10. The van der Waals surface area contributed by atoms with E-state index in [0.29, 0.717) is 0 Å². The Morgan fingerprint density at radius 3 is 1.86 bits per heavy atom. The highest BCUT2D eigenvalue weighted by atomic mass is 35.5. The number of nitrogens with one attached hydrogen (secondary N) is 2. The summed E-state index contributed by atoms with van der Waals surface area (Å²) in [7, 11) is 0. The van der Waals surface area contributed by atoms with Gasteiger partial charge in [-0.3, -0.25) is 4.79 Å². The van der Waals surface area contributed by atoms with Crippen molar-refractivity contribution in [1.29, 1.82) is 0 Å². The molecule has 0 aliphatic heterocycles. The van der Waals surface area contributed by atoms with Crippen molar-refractivity contribution in [3.63, 3.8) is 0 Å². The Morgan fingerprint density at radius 2 is 1.45 bits per heavy atom. The zero-order valence-corrected chi connectivity index (χ0v) is 15.2. The minimum absolute atomic E-state index is 0.00856. The van der Waals surface area contributed by atoms with E-state index in [1.54, 1.807) is 0 Å². The first-order valence-electron chi connectivity index (χ1n) is 8.22. The largest absolute Gasteiger partial charge is 0.343 e. The molecule has 0 saturated heterocycles. The predicted molar refractivity (Wildman–Crippen MR) is 90.5 cm³/mol. The molecular formula is C15H15ClF7N5O. The first-order valence-corrected chi connectivity index (χ1v) is 8.66. The number of hydrogen-bond donors (Lipinski definition) is 2. The molecule has 6 nitrogen and oxygen atoms in total. The van der Waals surface area contributed by atoms with Crippen molar-refractivity contribution in [1.82, 2.24) is 15.0 Å². The van der Waals surface area contributed by atoms with E-state index < -0.39 is 73.0 Å². The van der Waals surface area contributed by atoms with Crippen LogP contribution in [0.5, 0.6) is 0 Å². The number of allylic oxidation sites excluding steroid dienone is 2. The molecule has 1 aliphatic rings. The Balaban J connectivity index is 2.48. The summed E-state index contributed by atoms with van der Waals surface area (Å²) in [5, 5.41) is 2.75. The SMILES string of the molecule is O=C1C(F)=C(c2nc(NC(CF)C(F)F)nc(NC(CF)C(F)F)n2)CCC1Cl. The van der Waals surface area contributed by atoms with Gasteiger partial charge in [0.05, 0.1) is 5.38 Å². The number of carbonyl (C=O) groups is 1. The minimum Gasteiger partial charge on any atom is -0.343 e. The zero-order chi connectivity index (χ0) is 21.7. The van der Waals surface area contributed by atoms with Crippen molar-refractivity contribution in [2.45, 2.75) is 43.2 Å². The molecule has 3 unspecified atom stereocenters. The van der Waals surface area contributed by atoms with Crippen LogP contribution in [-0.4, -0.2) is 64.4 Å². The second-order valence-electron chi connectivity index (χ2n) is 5.95. The number of rotatable bonds is 9. The Hall–Kier alpha value is -2.18. The molecule has 0 bridgehead atoms. The molecule has 1 aromatic rings. The van der Waals surface area contributed by atoms with Crippen molar-refractivity contribution in [3.8, 4) is 0 Å². The van der Waals surface area contributed by atoms with Crippen LogP contribution in [0.15, 0.2) is 5.83 Å². The summed E-state index contributed by atoms with van der Waals surface area (Å²) < 4.78 is 91.0. The fraction of sp³-hybridized carbons (Fsp3) is 0.600. The van der Waals surface area contributed by atoms with Crippen LogP contribution in [0.3, 0.4) is 0 Å². The summed E-state index contributed by atoms with van der Waals surface area (Å²) in [5.41, 5.74) is -0.358. The van der Waals surface area contributed by atoms with Gasteiger partial charge in [-0.25, -0.2) is 30.7 Å². The van der Waals surface area contributed by atoms with Gasteiger partial charge in [0.25, 0.3) is 12.9 Å². The van der Waals surface area contributed by atoms with Gasteiger partial charge in [-0.05, 0) is 12.8 Å². The molecule has 3 atom stereocenters. The number of carbonyl (C=O) groups excluding carboxylic acids is 1. The van der Waals surface area contributed by atoms with E-state index >= 15 is 0 Å². The molecule has 1 aliphatic carbocycles. The van der Waals surface area contributed by atoms with Crippen LogP contribution in [-0.2, 0) is 4.79 Å². The standard InChI is InChI=1S/C15H15ClF7N5O/c16-6-2-1-5(9(19)10(6)29)13-26-14(24-7(3-17)11(20)21)28-15(27-13)25-8(4-18)12(22)23/h6-8,11-12H,1-4H2,(H2,24,25,26,27,28). The summed E-state index contributed by atoms with van der Waals surface area (Å²) in [5.74, 6) is -4.29. The number of Topliss-reactive ketones (excluding diaryl/α,β-unsaturated/α-hetero) is 1. The van der Waals surface area contributed by atoms with Crippen molar-refractivity contribution in [3.05, 3.63) is 11.7 Å². The highest BCUT2D eigenvalue weighted by Gasteiger charge is 2.32. The molecule has 14 heteroatoms. The van der Waals surface area contributed by atoms with Gasteiger partial charge in [-0.2, -0.15) is 15.0 Å². The third-order valence-electron chi connectivity index (χ3n) is 3.89. The number of halogens is 8. The van der Waals surface area contributed by atoms with Crippen molar-refractivity contribution < 1.29 is 35.5 Å². The maximum absolute atomic E-state index is 14.3. The molecule has 0 spiro atoms. The van der Waals surface area contributed by atoms with Crippen LogP contribution in [0.4, 0.5) is 42.6 Å². The van der Waals surface area contributed by atoms with E-state index in [2.05, 4.69) is 15.0 Å². The van der Waals surface area contributed by atoms with Crippen molar-refractivity contribution in [2.24, 2.45) is 0 Å². The Bertz CT molecular complexity index is 730. The molecule has 2 N–H and O–H groups in total. The minimum atomic E-state index is -3.18. The molecular weight excluding hydrogens is 435 g/mol. The second kappa shape index (κ2) is 10.0. The van der Waals surface area contributed by atoms with Gasteiger partial charge >= 0.3 is 0 Å². The first kappa shape index (κ1) is 23.1. The van der Waals surface area contributed by atoms with Gasteiger partial charge in [0.15, 0.2) is 11.7 Å². The average Bonchev–Trinajstić information content (AvgIpc) is 2.67. The predicted octanol–water partition coefficient (Wildman–Crippen LogP) is 3.55. The number of ketones is 1. The Labute approximate surface area is 164 Å². The molecule has 0 saturated carbocycles. The summed E-state index contributed by atoms with van der Waals surface area (Å²) >= 11 is 5.67. The van der Waals surface area contributed by atoms with E-state index in [9.17, 15) is 35.5 Å². The molecule has 1 heterocycles. The first-order chi connectivity index (χ1) is 13.7. The molecule has 0 radical (unpaired) electrons. The van der Waals surface area contributed by atoms with E-state index in [4.69, 9.17) is 11.6 Å². The van der Waals surface area contributed by atoms with Crippen LogP contribution in [0.1, 0.15) is 18.7 Å². The van der Waals surface area contributed by atoms with Gasteiger partial charge in [-0.1, -0.05) is 0 Å². The fourth-order valence-corrected chi connectivity index (χ4v) is 2.52. The van der Waals surface area contributed by atoms with Gasteiger partial charge in [-0.15, -0.1) is 11.6 Å². The number of nitrogens with zero attached hydrogens (tertiary/aromatic N) is 3. The van der Waals surface area contributed by atoms with Gasteiger partial charge < -0.3 is 10.6 Å². The molecule has 0 fully saturated rings. The van der Waals surface area contributed by atoms with E-state index in [0.717, 1.165) is 0 Å². The number of aromatic nitrogens is 3. The van der Waals surface area contributed by atoms with Crippen LogP contribution in [0.25, 0.3) is 5.57 Å². The maximum Gasteiger partial charge on any atom is 0.261 e. The van der Waals surface area contributed by atoms with Gasteiger partial charge in [0.1, 0.15) is 25.4 Å². The van der Waals surface area contributed by atoms with Crippen LogP contribution in [0.2, 0.25) is 0 Å².